The zero-order chi connectivity index (χ0) is 13.1. The van der Waals surface area contributed by atoms with Crippen LogP contribution in [0.5, 0.6) is 5.75 Å². The van der Waals surface area contributed by atoms with Crippen molar-refractivity contribution in [1.82, 2.24) is 0 Å². The number of rotatable bonds is 2. The van der Waals surface area contributed by atoms with E-state index in [0.717, 1.165) is 36.1 Å². The summed E-state index contributed by atoms with van der Waals surface area (Å²) in [4.78, 5) is 11.7. The van der Waals surface area contributed by atoms with Crippen molar-refractivity contribution in [2.45, 2.75) is 51.0 Å². The molecule has 1 aromatic rings. The van der Waals surface area contributed by atoms with Crippen LogP contribution in [0.2, 0.25) is 0 Å². The van der Waals surface area contributed by atoms with Gasteiger partial charge in [0.25, 0.3) is 0 Å². The topological polar surface area (TPSA) is 26.3 Å². The quantitative estimate of drug-likeness (QED) is 0.745. The maximum Gasteiger partial charge on any atom is 0.163 e. The van der Waals surface area contributed by atoms with Crippen molar-refractivity contribution in [2.75, 3.05) is 0 Å². The van der Waals surface area contributed by atoms with Crippen molar-refractivity contribution in [3.63, 3.8) is 0 Å². The normalized spacial score (nSPS) is 24.4. The maximum atomic E-state index is 11.7. The molecule has 1 aromatic carbocycles. The van der Waals surface area contributed by atoms with E-state index in [1.54, 1.807) is 0 Å². The number of ether oxygens (including phenoxy) is 1. The molecule has 0 saturated heterocycles. The number of benzene rings is 1. The van der Waals surface area contributed by atoms with Crippen molar-refractivity contribution in [2.24, 2.45) is 0 Å². The fourth-order valence-corrected chi connectivity index (χ4v) is 2.96. The van der Waals surface area contributed by atoms with Gasteiger partial charge in [-0.25, -0.2) is 0 Å². The van der Waals surface area contributed by atoms with Crippen LogP contribution in [0.15, 0.2) is 30.4 Å². The molecule has 2 aliphatic carbocycles. The van der Waals surface area contributed by atoms with E-state index in [1.807, 2.05) is 18.2 Å². The molecule has 2 heteroatoms. The van der Waals surface area contributed by atoms with Gasteiger partial charge in [-0.1, -0.05) is 24.6 Å². The van der Waals surface area contributed by atoms with Crippen molar-refractivity contribution in [3.8, 4) is 5.75 Å². The third-order valence-electron chi connectivity index (χ3n) is 4.02. The molecule has 0 aromatic heterocycles. The van der Waals surface area contributed by atoms with Crippen LogP contribution < -0.4 is 4.74 Å². The number of hydrogen-bond acceptors (Lipinski definition) is 2. The molecular weight excluding hydrogens is 236 g/mol. The summed E-state index contributed by atoms with van der Waals surface area (Å²) in [5.41, 5.74) is 1.98. The summed E-state index contributed by atoms with van der Waals surface area (Å²) in [5, 5.41) is 0. The molecule has 19 heavy (non-hydrogen) atoms. The lowest BCUT2D eigenvalue weighted by Crippen LogP contribution is -2.15. The zero-order valence-electron chi connectivity index (χ0n) is 11.2. The van der Waals surface area contributed by atoms with Gasteiger partial charge in [-0.15, -0.1) is 0 Å². The minimum atomic E-state index is 0.169. The predicted octanol–water partition coefficient (Wildman–Crippen LogP) is 4.08. The summed E-state index contributed by atoms with van der Waals surface area (Å²) >= 11 is 0. The van der Waals surface area contributed by atoms with Gasteiger partial charge >= 0.3 is 0 Å². The SMILES string of the molecule is O=C1CCc2c(OC3/C=C/CCCCC3)cccc21. The summed E-state index contributed by atoms with van der Waals surface area (Å²) in [6, 6.07) is 5.86. The van der Waals surface area contributed by atoms with Gasteiger partial charge < -0.3 is 4.74 Å². The van der Waals surface area contributed by atoms with Crippen molar-refractivity contribution >= 4 is 5.78 Å². The highest BCUT2D eigenvalue weighted by Crippen LogP contribution is 2.31. The lowest BCUT2D eigenvalue weighted by molar-refractivity contribution is 0.0994. The fraction of sp³-hybridized carbons (Fsp3) is 0.471. The van der Waals surface area contributed by atoms with Crippen LogP contribution in [-0.4, -0.2) is 11.9 Å². The number of hydrogen-bond donors (Lipinski definition) is 0. The first-order chi connectivity index (χ1) is 9.34. The van der Waals surface area contributed by atoms with E-state index >= 15 is 0 Å². The Labute approximate surface area is 114 Å². The van der Waals surface area contributed by atoms with E-state index in [4.69, 9.17) is 4.74 Å². The van der Waals surface area contributed by atoms with Gasteiger partial charge in [-0.05, 0) is 44.2 Å². The van der Waals surface area contributed by atoms with E-state index in [1.165, 1.54) is 19.3 Å². The smallest absolute Gasteiger partial charge is 0.163 e. The predicted molar refractivity (Wildman–Crippen MR) is 75.7 cm³/mol. The van der Waals surface area contributed by atoms with Crippen LogP contribution in [0.3, 0.4) is 0 Å². The Bertz CT molecular complexity index is 502. The first-order valence-corrected chi connectivity index (χ1v) is 7.33. The summed E-state index contributed by atoms with van der Waals surface area (Å²) in [5.74, 6) is 1.17. The third kappa shape index (κ3) is 2.73. The minimum Gasteiger partial charge on any atom is -0.486 e. The lowest BCUT2D eigenvalue weighted by atomic mass is 10.0. The molecule has 3 rings (SSSR count). The van der Waals surface area contributed by atoms with Crippen LogP contribution in [-0.2, 0) is 6.42 Å². The van der Waals surface area contributed by atoms with Gasteiger partial charge in [0, 0.05) is 17.5 Å². The fourth-order valence-electron chi connectivity index (χ4n) is 2.96. The van der Waals surface area contributed by atoms with Crippen LogP contribution in [0.1, 0.15) is 54.4 Å². The molecule has 100 valence electrons. The van der Waals surface area contributed by atoms with E-state index in [0.29, 0.717) is 6.42 Å². The number of carbonyl (C=O) groups excluding carboxylic acids is 1. The standard InChI is InChI=1S/C17H20O2/c18-16-12-11-15-14(16)9-6-10-17(15)19-13-7-4-2-1-3-5-8-13/h4,6-7,9-10,13H,1-3,5,8,11-12H2/b7-4+. The van der Waals surface area contributed by atoms with Gasteiger partial charge in [0.2, 0.25) is 0 Å². The second-order valence-electron chi connectivity index (χ2n) is 5.43. The Balaban J connectivity index is 1.79. The maximum absolute atomic E-state index is 11.7. The Morgan fingerprint density at radius 2 is 2.05 bits per heavy atom. The molecule has 0 N–H and O–H groups in total. The molecule has 0 radical (unpaired) electrons. The van der Waals surface area contributed by atoms with Crippen LogP contribution >= 0.6 is 0 Å². The molecule has 0 fully saturated rings. The number of Topliss-reactive ketones (excluding diaryl/α,β-unsaturated/α-hetero) is 1. The first kappa shape index (κ1) is 12.5. The average Bonchev–Trinajstić information content (AvgIpc) is 2.76. The highest BCUT2D eigenvalue weighted by Gasteiger charge is 2.23. The van der Waals surface area contributed by atoms with Crippen molar-refractivity contribution < 1.29 is 9.53 Å². The molecule has 0 saturated carbocycles. The summed E-state index contributed by atoms with van der Waals surface area (Å²) in [7, 11) is 0. The Morgan fingerprint density at radius 1 is 1.11 bits per heavy atom. The van der Waals surface area contributed by atoms with Gasteiger partial charge in [-0.2, -0.15) is 0 Å². The van der Waals surface area contributed by atoms with Crippen molar-refractivity contribution in [3.05, 3.63) is 41.5 Å². The molecule has 0 spiro atoms. The van der Waals surface area contributed by atoms with Gasteiger partial charge in [0.1, 0.15) is 11.9 Å². The Hall–Kier alpha value is -1.57. The average molecular weight is 256 g/mol. The minimum absolute atomic E-state index is 0.169. The molecule has 0 heterocycles. The molecule has 2 nitrogen and oxygen atoms in total. The lowest BCUT2D eigenvalue weighted by Gasteiger charge is -2.19. The first-order valence-electron chi connectivity index (χ1n) is 7.33. The third-order valence-corrected chi connectivity index (χ3v) is 4.02. The van der Waals surface area contributed by atoms with E-state index in [2.05, 4.69) is 12.2 Å². The molecular formula is C17H20O2. The largest absolute Gasteiger partial charge is 0.486 e. The van der Waals surface area contributed by atoms with Gasteiger partial charge in [0.15, 0.2) is 5.78 Å². The molecule has 1 atom stereocenters. The summed E-state index contributed by atoms with van der Waals surface area (Å²) in [6.07, 6.45) is 12.1. The highest BCUT2D eigenvalue weighted by atomic mass is 16.5. The van der Waals surface area contributed by atoms with Crippen LogP contribution in [0.4, 0.5) is 0 Å². The molecule has 0 aliphatic heterocycles. The monoisotopic (exact) mass is 256 g/mol. The second-order valence-corrected chi connectivity index (χ2v) is 5.43. The second kappa shape index (κ2) is 5.60. The van der Waals surface area contributed by atoms with Crippen LogP contribution in [0, 0.1) is 0 Å². The summed E-state index contributed by atoms with van der Waals surface area (Å²) in [6.45, 7) is 0. The number of carbonyl (C=O) groups is 1. The van der Waals surface area contributed by atoms with E-state index in [-0.39, 0.29) is 11.9 Å². The molecule has 2 aliphatic rings. The Kier molecular flexibility index (Phi) is 3.67. The number of allylic oxidation sites excluding steroid dienone is 1. The number of fused-ring (bicyclic) bond motifs is 1. The molecule has 0 amide bonds. The van der Waals surface area contributed by atoms with E-state index in [9.17, 15) is 4.79 Å². The van der Waals surface area contributed by atoms with Crippen molar-refractivity contribution in [1.29, 1.82) is 0 Å². The van der Waals surface area contributed by atoms with Gasteiger partial charge in [-0.3, -0.25) is 4.79 Å². The van der Waals surface area contributed by atoms with Gasteiger partial charge in [0.05, 0.1) is 0 Å². The highest BCUT2D eigenvalue weighted by molar-refractivity contribution is 6.01. The molecule has 0 bridgehead atoms. The number of ketones is 1. The summed E-state index contributed by atoms with van der Waals surface area (Å²) < 4.78 is 6.14. The molecule has 1 unspecified atom stereocenters. The Morgan fingerprint density at radius 3 is 3.00 bits per heavy atom. The van der Waals surface area contributed by atoms with Crippen LogP contribution in [0.25, 0.3) is 0 Å². The van der Waals surface area contributed by atoms with E-state index < -0.39 is 0 Å². The zero-order valence-corrected chi connectivity index (χ0v) is 11.2.